The molecule has 0 aromatic rings. The highest BCUT2D eigenvalue weighted by Crippen LogP contribution is 2.43. The maximum atomic E-state index is 12.8. The number of hydrogen-bond donors (Lipinski definition) is 1. The summed E-state index contributed by atoms with van der Waals surface area (Å²) >= 11 is 0. The molecule has 0 spiro atoms. The van der Waals surface area contributed by atoms with Crippen LogP contribution in [0.1, 0.15) is 239 Å². The maximum absolute atomic E-state index is 12.8. The van der Waals surface area contributed by atoms with Crippen molar-refractivity contribution >= 4 is 19.8 Å². The van der Waals surface area contributed by atoms with Gasteiger partial charge in [0.05, 0.1) is 27.7 Å². The molecule has 0 amide bonds. The zero-order valence-electron chi connectivity index (χ0n) is 41.8. The second-order valence-corrected chi connectivity index (χ2v) is 20.4. The van der Waals surface area contributed by atoms with Crippen LogP contribution in [0.2, 0.25) is 0 Å². The van der Waals surface area contributed by atoms with Crippen LogP contribution in [-0.2, 0) is 32.7 Å². The van der Waals surface area contributed by atoms with Crippen molar-refractivity contribution in [1.29, 1.82) is 0 Å². The number of allylic oxidation sites excluding steroid dienone is 6. The molecule has 0 aliphatic carbocycles. The molecule has 2 unspecified atom stereocenters. The van der Waals surface area contributed by atoms with E-state index in [1.54, 1.807) is 0 Å². The number of ether oxygens (including phenoxy) is 2. The SMILES string of the molecule is CCCCCCC/C=C\C/C=C\CCCCCCCCCCCC(=O)OC(COC(=O)CCCCCCCCC/C=C\CCCCCCCCC)COP(=O)(O)OCC[N+](C)(C)C. The Morgan fingerprint density at radius 3 is 1.27 bits per heavy atom. The lowest BCUT2D eigenvalue weighted by Gasteiger charge is -2.24. The molecule has 0 bridgehead atoms. The highest BCUT2D eigenvalue weighted by molar-refractivity contribution is 7.47. The summed E-state index contributed by atoms with van der Waals surface area (Å²) in [4.78, 5) is 35.6. The quantitative estimate of drug-likeness (QED) is 0.0211. The van der Waals surface area contributed by atoms with Crippen LogP contribution < -0.4 is 0 Å². The van der Waals surface area contributed by atoms with E-state index in [4.69, 9.17) is 18.5 Å². The first-order valence-corrected chi connectivity index (χ1v) is 27.7. The van der Waals surface area contributed by atoms with Crippen molar-refractivity contribution in [2.24, 2.45) is 0 Å². The van der Waals surface area contributed by atoms with Crippen LogP contribution in [0.15, 0.2) is 36.5 Å². The van der Waals surface area contributed by atoms with Crippen molar-refractivity contribution in [3.8, 4) is 0 Å². The maximum Gasteiger partial charge on any atom is 0.472 e. The Balaban J connectivity index is 4.25. The minimum Gasteiger partial charge on any atom is -0.462 e. The Morgan fingerprint density at radius 1 is 0.492 bits per heavy atom. The van der Waals surface area contributed by atoms with Crippen LogP contribution in [-0.4, -0.2) is 74.9 Å². The molecule has 0 aromatic carbocycles. The molecule has 370 valence electrons. The van der Waals surface area contributed by atoms with Gasteiger partial charge in [-0.3, -0.25) is 18.6 Å². The molecule has 0 fully saturated rings. The van der Waals surface area contributed by atoms with E-state index < -0.39 is 26.5 Å². The van der Waals surface area contributed by atoms with Gasteiger partial charge in [0.25, 0.3) is 0 Å². The third-order valence-electron chi connectivity index (χ3n) is 11.4. The Morgan fingerprint density at radius 2 is 0.857 bits per heavy atom. The summed E-state index contributed by atoms with van der Waals surface area (Å²) in [6.45, 7) is 4.43. The Bertz CT molecular complexity index is 1170. The summed E-state index contributed by atoms with van der Waals surface area (Å²) in [5.74, 6) is -0.801. The number of hydrogen-bond acceptors (Lipinski definition) is 7. The summed E-state index contributed by atoms with van der Waals surface area (Å²) in [5, 5.41) is 0. The van der Waals surface area contributed by atoms with Crippen molar-refractivity contribution in [3.05, 3.63) is 36.5 Å². The van der Waals surface area contributed by atoms with E-state index in [1.165, 1.54) is 161 Å². The van der Waals surface area contributed by atoms with Gasteiger partial charge < -0.3 is 18.9 Å². The summed E-state index contributed by atoms with van der Waals surface area (Å²) < 4.78 is 34.5. The normalized spacial score (nSPS) is 13.7. The Labute approximate surface area is 389 Å². The van der Waals surface area contributed by atoms with Crippen molar-refractivity contribution in [3.63, 3.8) is 0 Å². The second-order valence-electron chi connectivity index (χ2n) is 18.9. The van der Waals surface area contributed by atoms with E-state index in [2.05, 4.69) is 50.3 Å². The number of rotatable bonds is 48. The number of phosphoric ester groups is 1. The zero-order valence-corrected chi connectivity index (χ0v) is 42.7. The van der Waals surface area contributed by atoms with E-state index in [1.807, 2.05) is 21.1 Å². The molecule has 0 rings (SSSR count). The first-order chi connectivity index (χ1) is 30.5. The molecule has 1 N–H and O–H groups in total. The Kier molecular flexibility index (Phi) is 44.1. The van der Waals surface area contributed by atoms with Gasteiger partial charge in [-0.15, -0.1) is 0 Å². The van der Waals surface area contributed by atoms with Crippen LogP contribution in [0, 0.1) is 0 Å². The summed E-state index contributed by atoms with van der Waals surface area (Å²) in [7, 11) is 1.48. The van der Waals surface area contributed by atoms with Gasteiger partial charge in [-0.25, -0.2) is 4.57 Å². The van der Waals surface area contributed by atoms with E-state index in [9.17, 15) is 19.0 Å². The predicted octanol–water partition coefficient (Wildman–Crippen LogP) is 15.6. The fourth-order valence-electron chi connectivity index (χ4n) is 7.28. The summed E-state index contributed by atoms with van der Waals surface area (Å²) in [6.07, 6.45) is 53.3. The number of likely N-dealkylation sites (N-methyl/N-ethyl adjacent to an activating group) is 1. The fraction of sp³-hybridized carbons (Fsp3) is 0.849. The smallest absolute Gasteiger partial charge is 0.462 e. The topological polar surface area (TPSA) is 108 Å². The molecule has 0 saturated heterocycles. The minimum absolute atomic E-state index is 0.0305. The number of carbonyl (C=O) groups is 2. The molecule has 10 heteroatoms. The van der Waals surface area contributed by atoms with Gasteiger partial charge in [0, 0.05) is 12.8 Å². The molecule has 63 heavy (non-hydrogen) atoms. The third kappa shape index (κ3) is 49.5. The van der Waals surface area contributed by atoms with E-state index in [0.717, 1.165) is 44.9 Å². The molecule has 9 nitrogen and oxygen atoms in total. The molecular formula is C53H101NO8P+. The van der Waals surface area contributed by atoms with Crippen LogP contribution in [0.5, 0.6) is 0 Å². The average Bonchev–Trinajstić information content (AvgIpc) is 3.24. The first kappa shape index (κ1) is 61.2. The highest BCUT2D eigenvalue weighted by atomic mass is 31.2. The number of phosphoric acid groups is 1. The Hall–Kier alpha value is -1.77. The van der Waals surface area contributed by atoms with Crippen molar-refractivity contribution in [2.45, 2.75) is 245 Å². The molecule has 0 heterocycles. The van der Waals surface area contributed by atoms with Gasteiger partial charge in [-0.1, -0.05) is 192 Å². The standard InChI is InChI=1S/C53H100NO8P/c1-6-8-10-12-14-16-18-20-22-24-26-27-28-30-32-34-36-38-40-42-44-46-53(56)62-51(50-61-63(57,58)60-48-47-54(3,4)5)49-59-52(55)45-43-41-39-37-35-33-31-29-25-23-21-19-17-15-13-11-9-7-2/h18,20,23-26,51H,6-17,19,21-22,27-50H2,1-5H3/p+1/b20-18-,25-23-,26-24-. The largest absolute Gasteiger partial charge is 0.472 e. The van der Waals surface area contributed by atoms with E-state index in [-0.39, 0.29) is 32.0 Å². The molecule has 0 aliphatic rings. The minimum atomic E-state index is -4.38. The van der Waals surface area contributed by atoms with E-state index >= 15 is 0 Å². The molecule has 2 atom stereocenters. The number of carbonyl (C=O) groups excluding carboxylic acids is 2. The number of unbranched alkanes of at least 4 members (excludes halogenated alkanes) is 28. The van der Waals surface area contributed by atoms with Gasteiger partial charge >= 0.3 is 19.8 Å². The van der Waals surface area contributed by atoms with Crippen LogP contribution in [0.25, 0.3) is 0 Å². The molecule has 0 aliphatic heterocycles. The van der Waals surface area contributed by atoms with Gasteiger partial charge in [-0.2, -0.15) is 0 Å². The van der Waals surface area contributed by atoms with Crippen molar-refractivity contribution in [1.82, 2.24) is 0 Å². The van der Waals surface area contributed by atoms with Gasteiger partial charge in [0.1, 0.15) is 19.8 Å². The first-order valence-electron chi connectivity index (χ1n) is 26.2. The molecular weight excluding hydrogens is 810 g/mol. The van der Waals surface area contributed by atoms with Crippen molar-refractivity contribution < 1.29 is 42.1 Å². The number of esters is 2. The second kappa shape index (κ2) is 45.4. The fourth-order valence-corrected chi connectivity index (χ4v) is 8.02. The average molecular weight is 911 g/mol. The molecule has 0 aromatic heterocycles. The summed E-state index contributed by atoms with van der Waals surface area (Å²) in [6, 6.07) is 0. The van der Waals surface area contributed by atoms with Crippen molar-refractivity contribution in [2.75, 3.05) is 47.5 Å². The number of quaternary nitrogens is 1. The van der Waals surface area contributed by atoms with Gasteiger partial charge in [0.15, 0.2) is 6.10 Å². The predicted molar refractivity (Wildman–Crippen MR) is 266 cm³/mol. The lowest BCUT2D eigenvalue weighted by molar-refractivity contribution is -0.870. The zero-order chi connectivity index (χ0) is 46.4. The lowest BCUT2D eigenvalue weighted by atomic mass is 10.1. The number of nitrogens with zero attached hydrogens (tertiary/aromatic N) is 1. The van der Waals surface area contributed by atoms with Crippen LogP contribution in [0.3, 0.4) is 0 Å². The van der Waals surface area contributed by atoms with Gasteiger partial charge in [-0.05, 0) is 70.6 Å². The lowest BCUT2D eigenvalue weighted by Crippen LogP contribution is -2.37. The monoisotopic (exact) mass is 911 g/mol. The summed E-state index contributed by atoms with van der Waals surface area (Å²) in [5.41, 5.74) is 0. The molecule has 0 saturated carbocycles. The molecule has 0 radical (unpaired) electrons. The van der Waals surface area contributed by atoms with Crippen LogP contribution >= 0.6 is 7.82 Å². The van der Waals surface area contributed by atoms with E-state index in [0.29, 0.717) is 17.4 Å². The third-order valence-corrected chi connectivity index (χ3v) is 12.4. The van der Waals surface area contributed by atoms with Crippen LogP contribution in [0.4, 0.5) is 0 Å². The highest BCUT2D eigenvalue weighted by Gasteiger charge is 2.27. The van der Waals surface area contributed by atoms with Gasteiger partial charge in [0.2, 0.25) is 0 Å².